The minimum Gasteiger partial charge on any atom is -0.493 e. The summed E-state index contributed by atoms with van der Waals surface area (Å²) < 4.78 is 5.91. The SMILES string of the molecule is CCNC(=NCc1ccccc1OCC(C)C)NCCc1csc(C)n1. The summed E-state index contributed by atoms with van der Waals surface area (Å²) in [5.74, 6) is 2.23. The topological polar surface area (TPSA) is 58.5 Å². The van der Waals surface area contributed by atoms with Crippen LogP contribution in [-0.2, 0) is 13.0 Å². The molecule has 142 valence electrons. The summed E-state index contributed by atoms with van der Waals surface area (Å²) in [6, 6.07) is 8.11. The molecule has 0 aliphatic heterocycles. The van der Waals surface area contributed by atoms with Crippen LogP contribution in [0.2, 0.25) is 0 Å². The molecule has 0 aliphatic carbocycles. The van der Waals surface area contributed by atoms with E-state index in [1.165, 1.54) is 0 Å². The Morgan fingerprint density at radius 1 is 1.27 bits per heavy atom. The number of benzene rings is 1. The number of aliphatic imine (C=N–C) groups is 1. The van der Waals surface area contributed by atoms with E-state index in [9.17, 15) is 0 Å². The van der Waals surface area contributed by atoms with Gasteiger partial charge in [-0.25, -0.2) is 9.98 Å². The Hall–Kier alpha value is -2.08. The lowest BCUT2D eigenvalue weighted by Gasteiger charge is -2.13. The predicted octanol–water partition coefficient (Wildman–Crippen LogP) is 3.78. The van der Waals surface area contributed by atoms with E-state index < -0.39 is 0 Å². The van der Waals surface area contributed by atoms with Gasteiger partial charge in [-0.15, -0.1) is 11.3 Å². The number of guanidine groups is 1. The molecule has 1 aromatic heterocycles. The quantitative estimate of drug-likeness (QED) is 0.518. The van der Waals surface area contributed by atoms with Gasteiger partial charge in [-0.3, -0.25) is 0 Å². The van der Waals surface area contributed by atoms with Crippen molar-refractivity contribution in [2.24, 2.45) is 10.9 Å². The summed E-state index contributed by atoms with van der Waals surface area (Å²) in [5, 5.41) is 9.90. The highest BCUT2D eigenvalue weighted by atomic mass is 32.1. The third kappa shape index (κ3) is 7.04. The second kappa shape index (κ2) is 10.8. The first-order chi connectivity index (χ1) is 12.6. The molecule has 2 rings (SSSR count). The number of hydrogen-bond donors (Lipinski definition) is 2. The second-order valence-electron chi connectivity index (χ2n) is 6.54. The first-order valence-electron chi connectivity index (χ1n) is 9.22. The summed E-state index contributed by atoms with van der Waals surface area (Å²) in [6.07, 6.45) is 0.892. The van der Waals surface area contributed by atoms with Crippen LogP contribution in [0.25, 0.3) is 0 Å². The zero-order valence-electron chi connectivity index (χ0n) is 16.2. The largest absolute Gasteiger partial charge is 0.493 e. The monoisotopic (exact) mass is 374 g/mol. The van der Waals surface area contributed by atoms with Crippen molar-refractivity contribution in [1.82, 2.24) is 15.6 Å². The molecule has 6 heteroatoms. The van der Waals surface area contributed by atoms with Crippen molar-refractivity contribution in [1.29, 1.82) is 0 Å². The highest BCUT2D eigenvalue weighted by Crippen LogP contribution is 2.19. The van der Waals surface area contributed by atoms with E-state index in [1.807, 2.05) is 25.1 Å². The Balaban J connectivity index is 1.93. The maximum atomic E-state index is 5.91. The number of nitrogens with one attached hydrogen (secondary N) is 2. The molecule has 1 heterocycles. The van der Waals surface area contributed by atoms with Crippen LogP contribution in [0.5, 0.6) is 5.75 Å². The van der Waals surface area contributed by atoms with E-state index in [0.29, 0.717) is 19.1 Å². The highest BCUT2D eigenvalue weighted by molar-refractivity contribution is 7.09. The fourth-order valence-electron chi connectivity index (χ4n) is 2.37. The number of rotatable bonds is 9. The van der Waals surface area contributed by atoms with Crippen molar-refractivity contribution in [3.05, 3.63) is 45.9 Å². The minimum atomic E-state index is 0.500. The van der Waals surface area contributed by atoms with Gasteiger partial charge in [0.25, 0.3) is 0 Å². The Morgan fingerprint density at radius 3 is 2.77 bits per heavy atom. The summed E-state index contributed by atoms with van der Waals surface area (Å²) in [7, 11) is 0. The number of nitrogens with zero attached hydrogens (tertiary/aromatic N) is 2. The molecule has 0 saturated carbocycles. The van der Waals surface area contributed by atoms with Crippen LogP contribution in [0.1, 0.15) is 37.0 Å². The van der Waals surface area contributed by atoms with Gasteiger partial charge in [-0.1, -0.05) is 32.0 Å². The standard InChI is InChI=1S/C20H30N4OS/c1-5-21-20(22-11-10-18-14-26-16(4)24-18)23-12-17-8-6-7-9-19(17)25-13-15(2)3/h6-9,14-15H,5,10-13H2,1-4H3,(H2,21,22,23). The fraction of sp³-hybridized carbons (Fsp3) is 0.500. The fourth-order valence-corrected chi connectivity index (χ4v) is 3.02. The van der Waals surface area contributed by atoms with Crippen LogP contribution < -0.4 is 15.4 Å². The van der Waals surface area contributed by atoms with E-state index in [4.69, 9.17) is 9.73 Å². The molecule has 2 N–H and O–H groups in total. The third-order valence-corrected chi connectivity index (χ3v) is 4.46. The van der Waals surface area contributed by atoms with Crippen molar-refractivity contribution in [2.45, 2.75) is 40.7 Å². The van der Waals surface area contributed by atoms with Crippen molar-refractivity contribution >= 4 is 17.3 Å². The number of thiazole rings is 1. The highest BCUT2D eigenvalue weighted by Gasteiger charge is 2.05. The van der Waals surface area contributed by atoms with Crippen molar-refractivity contribution < 1.29 is 4.74 Å². The van der Waals surface area contributed by atoms with Crippen LogP contribution in [0.15, 0.2) is 34.6 Å². The predicted molar refractivity (Wildman–Crippen MR) is 110 cm³/mol. The zero-order chi connectivity index (χ0) is 18.8. The number of ether oxygens (including phenoxy) is 1. The van der Waals surface area contributed by atoms with Crippen molar-refractivity contribution in [3.8, 4) is 5.75 Å². The lowest BCUT2D eigenvalue weighted by Crippen LogP contribution is -2.38. The molecule has 0 spiro atoms. The Kier molecular flexibility index (Phi) is 8.41. The van der Waals surface area contributed by atoms with Gasteiger partial charge >= 0.3 is 0 Å². The molecule has 0 unspecified atom stereocenters. The first-order valence-corrected chi connectivity index (χ1v) is 10.1. The molecule has 0 amide bonds. The normalized spacial score (nSPS) is 11.7. The van der Waals surface area contributed by atoms with E-state index >= 15 is 0 Å². The van der Waals surface area contributed by atoms with E-state index in [2.05, 4.69) is 47.8 Å². The van der Waals surface area contributed by atoms with Gasteiger partial charge in [-0.05, 0) is 25.8 Å². The lowest BCUT2D eigenvalue weighted by atomic mass is 10.2. The van der Waals surface area contributed by atoms with E-state index in [1.54, 1.807) is 11.3 Å². The van der Waals surface area contributed by atoms with Crippen LogP contribution in [0, 0.1) is 12.8 Å². The molecular formula is C20H30N4OS. The smallest absolute Gasteiger partial charge is 0.191 e. The molecule has 0 atom stereocenters. The molecule has 0 bridgehead atoms. The maximum absolute atomic E-state index is 5.91. The molecule has 5 nitrogen and oxygen atoms in total. The summed E-state index contributed by atoms with van der Waals surface area (Å²) in [5.41, 5.74) is 2.23. The number of aromatic nitrogens is 1. The second-order valence-corrected chi connectivity index (χ2v) is 7.60. The molecule has 0 aliphatic rings. The van der Waals surface area contributed by atoms with Crippen LogP contribution in [0.4, 0.5) is 0 Å². The lowest BCUT2D eigenvalue weighted by molar-refractivity contribution is 0.268. The Bertz CT molecular complexity index is 697. The molecule has 0 saturated heterocycles. The van der Waals surface area contributed by atoms with Gasteiger partial charge in [-0.2, -0.15) is 0 Å². The number of para-hydroxylation sites is 1. The van der Waals surface area contributed by atoms with Crippen LogP contribution in [0.3, 0.4) is 0 Å². The Labute approximate surface area is 160 Å². The molecule has 0 radical (unpaired) electrons. The van der Waals surface area contributed by atoms with Gasteiger partial charge in [0.2, 0.25) is 0 Å². The third-order valence-electron chi connectivity index (χ3n) is 3.64. The molecule has 0 fully saturated rings. The Morgan fingerprint density at radius 2 is 2.08 bits per heavy atom. The first kappa shape index (κ1) is 20.2. The average Bonchev–Trinajstić information content (AvgIpc) is 3.03. The van der Waals surface area contributed by atoms with Gasteiger partial charge in [0.1, 0.15) is 5.75 Å². The minimum absolute atomic E-state index is 0.500. The zero-order valence-corrected chi connectivity index (χ0v) is 17.0. The number of aryl methyl sites for hydroxylation is 1. The van der Waals surface area contributed by atoms with Crippen LogP contribution in [-0.4, -0.2) is 30.6 Å². The average molecular weight is 375 g/mol. The molecule has 2 aromatic rings. The molecule has 26 heavy (non-hydrogen) atoms. The van der Waals surface area contributed by atoms with Crippen molar-refractivity contribution in [3.63, 3.8) is 0 Å². The summed E-state index contributed by atoms with van der Waals surface area (Å²) in [6.45, 7) is 11.3. The number of hydrogen-bond acceptors (Lipinski definition) is 4. The van der Waals surface area contributed by atoms with Gasteiger partial charge in [0, 0.05) is 30.5 Å². The van der Waals surface area contributed by atoms with Gasteiger partial charge < -0.3 is 15.4 Å². The molecular weight excluding hydrogens is 344 g/mol. The molecule has 1 aromatic carbocycles. The van der Waals surface area contributed by atoms with E-state index in [0.717, 1.165) is 47.5 Å². The van der Waals surface area contributed by atoms with Gasteiger partial charge in [0.15, 0.2) is 5.96 Å². The van der Waals surface area contributed by atoms with E-state index in [-0.39, 0.29) is 0 Å². The van der Waals surface area contributed by atoms with Crippen LogP contribution >= 0.6 is 11.3 Å². The van der Waals surface area contributed by atoms with Crippen molar-refractivity contribution in [2.75, 3.05) is 19.7 Å². The summed E-state index contributed by atoms with van der Waals surface area (Å²) >= 11 is 1.69. The summed E-state index contributed by atoms with van der Waals surface area (Å²) in [4.78, 5) is 9.20. The maximum Gasteiger partial charge on any atom is 0.191 e. The van der Waals surface area contributed by atoms with Gasteiger partial charge in [0.05, 0.1) is 23.9 Å².